The number of anilines is 2. The Balaban J connectivity index is 1.66. The standard InChI is InChI=1S/C21H18ClN5O3/c22-15-8-6-13(7-9-15)16-12-17(14-4-2-1-3-5-14)27-21(23-16)25-20(26-27)24-18(28)10-11-19(29)30/h1-9,12,17H,10-11H2,(H,29,30)(H2,23,24,25,26,28). The molecule has 0 aliphatic carbocycles. The molecular formula is C21H18ClN5O3. The summed E-state index contributed by atoms with van der Waals surface area (Å²) in [5, 5.41) is 19.6. The first-order valence-corrected chi connectivity index (χ1v) is 9.65. The fourth-order valence-corrected chi connectivity index (χ4v) is 3.27. The molecule has 30 heavy (non-hydrogen) atoms. The van der Waals surface area contributed by atoms with E-state index < -0.39 is 11.9 Å². The summed E-state index contributed by atoms with van der Waals surface area (Å²) < 4.78 is 1.68. The monoisotopic (exact) mass is 423 g/mol. The molecule has 2 aromatic carbocycles. The highest BCUT2D eigenvalue weighted by Crippen LogP contribution is 2.33. The number of carboxylic acid groups (broad SMARTS) is 1. The molecule has 0 saturated carbocycles. The lowest BCUT2D eigenvalue weighted by Gasteiger charge is -2.24. The highest BCUT2D eigenvalue weighted by atomic mass is 35.5. The number of carboxylic acids is 1. The predicted molar refractivity (Wildman–Crippen MR) is 113 cm³/mol. The zero-order valence-electron chi connectivity index (χ0n) is 15.7. The molecule has 152 valence electrons. The first kappa shape index (κ1) is 19.7. The molecule has 0 radical (unpaired) electrons. The first-order valence-electron chi connectivity index (χ1n) is 9.27. The van der Waals surface area contributed by atoms with Crippen LogP contribution >= 0.6 is 11.6 Å². The minimum Gasteiger partial charge on any atom is -0.481 e. The maximum Gasteiger partial charge on any atom is 0.303 e. The topological polar surface area (TPSA) is 109 Å². The van der Waals surface area contributed by atoms with Crippen LogP contribution in [0.4, 0.5) is 11.9 Å². The molecule has 1 amide bonds. The average molecular weight is 424 g/mol. The van der Waals surface area contributed by atoms with E-state index in [1.54, 1.807) is 4.68 Å². The highest BCUT2D eigenvalue weighted by molar-refractivity contribution is 6.30. The highest BCUT2D eigenvalue weighted by Gasteiger charge is 2.25. The third-order valence-corrected chi connectivity index (χ3v) is 4.83. The Bertz CT molecular complexity index is 1110. The summed E-state index contributed by atoms with van der Waals surface area (Å²) in [6.07, 6.45) is 1.62. The van der Waals surface area contributed by atoms with E-state index in [-0.39, 0.29) is 24.8 Å². The van der Waals surface area contributed by atoms with E-state index in [4.69, 9.17) is 16.7 Å². The summed E-state index contributed by atoms with van der Waals surface area (Å²) in [6.45, 7) is 0. The van der Waals surface area contributed by atoms with Gasteiger partial charge in [-0.05, 0) is 29.3 Å². The Morgan fingerprint density at radius 3 is 2.53 bits per heavy atom. The van der Waals surface area contributed by atoms with Crippen LogP contribution in [-0.4, -0.2) is 31.7 Å². The maximum atomic E-state index is 12.0. The summed E-state index contributed by atoms with van der Waals surface area (Å²) >= 11 is 6.01. The van der Waals surface area contributed by atoms with Crippen molar-refractivity contribution in [3.05, 3.63) is 76.8 Å². The van der Waals surface area contributed by atoms with Crippen LogP contribution in [0.15, 0.2) is 60.7 Å². The zero-order valence-corrected chi connectivity index (χ0v) is 16.5. The summed E-state index contributed by atoms with van der Waals surface area (Å²) in [6, 6.07) is 17.0. The fourth-order valence-electron chi connectivity index (χ4n) is 3.14. The van der Waals surface area contributed by atoms with E-state index in [1.165, 1.54) is 0 Å². The number of carbonyl (C=O) groups excluding carboxylic acids is 1. The average Bonchev–Trinajstić information content (AvgIpc) is 3.15. The number of hydrogen-bond acceptors (Lipinski definition) is 5. The van der Waals surface area contributed by atoms with E-state index in [0.717, 1.165) is 16.8 Å². The third kappa shape index (κ3) is 4.33. The van der Waals surface area contributed by atoms with E-state index in [1.807, 2.05) is 60.7 Å². The van der Waals surface area contributed by atoms with Gasteiger partial charge in [-0.25, -0.2) is 4.68 Å². The Kier molecular flexibility index (Phi) is 5.49. The van der Waals surface area contributed by atoms with E-state index in [2.05, 4.69) is 20.7 Å². The van der Waals surface area contributed by atoms with Gasteiger partial charge in [0, 0.05) is 17.1 Å². The molecule has 0 saturated heterocycles. The van der Waals surface area contributed by atoms with Crippen LogP contribution in [0.1, 0.15) is 30.0 Å². The number of amides is 1. The molecule has 0 spiro atoms. The van der Waals surface area contributed by atoms with Crippen molar-refractivity contribution in [2.75, 3.05) is 10.6 Å². The lowest BCUT2D eigenvalue weighted by Crippen LogP contribution is -2.20. The molecule has 0 fully saturated rings. The number of fused-ring (bicyclic) bond motifs is 1. The van der Waals surface area contributed by atoms with Gasteiger partial charge in [-0.3, -0.25) is 14.9 Å². The molecule has 1 aromatic heterocycles. The quantitative estimate of drug-likeness (QED) is 0.556. The van der Waals surface area contributed by atoms with Crippen molar-refractivity contribution in [3.63, 3.8) is 0 Å². The number of carbonyl (C=O) groups is 2. The number of nitrogens with zero attached hydrogens (tertiary/aromatic N) is 3. The van der Waals surface area contributed by atoms with Gasteiger partial charge in [0.05, 0.1) is 6.42 Å². The molecule has 1 aliphatic heterocycles. The molecule has 9 heteroatoms. The van der Waals surface area contributed by atoms with Gasteiger partial charge in [-0.15, -0.1) is 5.10 Å². The third-order valence-electron chi connectivity index (χ3n) is 4.58. The molecule has 2 heterocycles. The van der Waals surface area contributed by atoms with Gasteiger partial charge in [-0.2, -0.15) is 4.98 Å². The SMILES string of the molecule is O=C(O)CCC(=O)Nc1nc2n(n1)C(c1ccccc1)C=C(c1ccc(Cl)cc1)N2. The van der Waals surface area contributed by atoms with Gasteiger partial charge in [0.1, 0.15) is 6.04 Å². The van der Waals surface area contributed by atoms with Crippen LogP contribution < -0.4 is 10.6 Å². The van der Waals surface area contributed by atoms with Gasteiger partial charge < -0.3 is 10.4 Å². The van der Waals surface area contributed by atoms with Crippen molar-refractivity contribution < 1.29 is 14.7 Å². The van der Waals surface area contributed by atoms with Crippen LogP contribution in [0.25, 0.3) is 5.70 Å². The normalized spacial score (nSPS) is 15.0. The van der Waals surface area contributed by atoms with Gasteiger partial charge in [0.25, 0.3) is 5.95 Å². The molecule has 0 bridgehead atoms. The van der Waals surface area contributed by atoms with Crippen LogP contribution in [0.5, 0.6) is 0 Å². The van der Waals surface area contributed by atoms with Crippen LogP contribution in [0.2, 0.25) is 5.02 Å². The Hall–Kier alpha value is -3.65. The molecular weight excluding hydrogens is 406 g/mol. The van der Waals surface area contributed by atoms with Crippen molar-refractivity contribution in [3.8, 4) is 0 Å². The van der Waals surface area contributed by atoms with Crippen molar-refractivity contribution in [1.29, 1.82) is 0 Å². The predicted octanol–water partition coefficient (Wildman–Crippen LogP) is 3.79. The smallest absolute Gasteiger partial charge is 0.303 e. The Morgan fingerprint density at radius 1 is 1.10 bits per heavy atom. The lowest BCUT2D eigenvalue weighted by molar-refractivity contribution is -0.138. The van der Waals surface area contributed by atoms with E-state index >= 15 is 0 Å². The lowest BCUT2D eigenvalue weighted by atomic mass is 10.0. The van der Waals surface area contributed by atoms with Crippen LogP contribution in [0, 0.1) is 0 Å². The largest absolute Gasteiger partial charge is 0.481 e. The number of hydrogen-bond donors (Lipinski definition) is 3. The zero-order chi connectivity index (χ0) is 21.1. The van der Waals surface area contributed by atoms with E-state index in [0.29, 0.717) is 11.0 Å². The fraction of sp³-hybridized carbons (Fsp3) is 0.143. The molecule has 3 N–H and O–H groups in total. The summed E-state index contributed by atoms with van der Waals surface area (Å²) in [7, 11) is 0. The number of allylic oxidation sites excluding steroid dienone is 1. The molecule has 4 rings (SSSR count). The first-order chi connectivity index (χ1) is 14.5. The number of benzene rings is 2. The number of aliphatic carboxylic acids is 1. The molecule has 8 nitrogen and oxygen atoms in total. The molecule has 1 unspecified atom stereocenters. The van der Waals surface area contributed by atoms with Crippen LogP contribution in [0.3, 0.4) is 0 Å². The summed E-state index contributed by atoms with van der Waals surface area (Å²) in [4.78, 5) is 27.0. The van der Waals surface area contributed by atoms with Crippen molar-refractivity contribution in [1.82, 2.24) is 14.8 Å². The van der Waals surface area contributed by atoms with E-state index in [9.17, 15) is 9.59 Å². The second-order valence-electron chi connectivity index (χ2n) is 6.71. The minimum absolute atomic E-state index is 0.111. The number of aromatic nitrogens is 3. The van der Waals surface area contributed by atoms with Crippen molar-refractivity contribution >= 4 is 41.1 Å². The number of rotatable bonds is 6. The van der Waals surface area contributed by atoms with Crippen LogP contribution in [-0.2, 0) is 9.59 Å². The number of nitrogens with one attached hydrogen (secondary N) is 2. The maximum absolute atomic E-state index is 12.0. The molecule has 1 atom stereocenters. The molecule has 3 aromatic rings. The minimum atomic E-state index is -1.04. The Labute approximate surface area is 177 Å². The van der Waals surface area contributed by atoms with Crippen molar-refractivity contribution in [2.24, 2.45) is 0 Å². The van der Waals surface area contributed by atoms with Gasteiger partial charge in [-0.1, -0.05) is 54.1 Å². The summed E-state index contributed by atoms with van der Waals surface area (Å²) in [5.74, 6) is -0.920. The second-order valence-corrected chi connectivity index (χ2v) is 7.15. The molecule has 1 aliphatic rings. The van der Waals surface area contributed by atoms with Gasteiger partial charge in [0.15, 0.2) is 0 Å². The van der Waals surface area contributed by atoms with Crippen molar-refractivity contribution in [2.45, 2.75) is 18.9 Å². The Morgan fingerprint density at radius 2 is 1.83 bits per heavy atom. The second kappa shape index (κ2) is 8.38. The van der Waals surface area contributed by atoms with Gasteiger partial charge in [0.2, 0.25) is 11.9 Å². The summed E-state index contributed by atoms with van der Waals surface area (Å²) in [5.41, 5.74) is 2.77. The number of halogens is 1. The van der Waals surface area contributed by atoms with Gasteiger partial charge >= 0.3 is 5.97 Å².